The van der Waals surface area contributed by atoms with Gasteiger partial charge in [-0.3, -0.25) is 4.79 Å². The van der Waals surface area contributed by atoms with Crippen molar-refractivity contribution in [1.82, 2.24) is 9.80 Å². The summed E-state index contributed by atoms with van der Waals surface area (Å²) in [4.78, 5) is 26.3. The van der Waals surface area contributed by atoms with Crippen molar-refractivity contribution in [1.29, 1.82) is 0 Å². The van der Waals surface area contributed by atoms with Crippen LogP contribution in [0, 0.1) is 0 Å². The predicted octanol–water partition coefficient (Wildman–Crippen LogP) is 1.14. The molecule has 0 aliphatic carbocycles. The highest BCUT2D eigenvalue weighted by Crippen LogP contribution is 2.18. The van der Waals surface area contributed by atoms with Crippen molar-refractivity contribution in [3.63, 3.8) is 0 Å². The first-order valence-electron chi connectivity index (χ1n) is 6.98. The Labute approximate surface area is 114 Å². The maximum Gasteiger partial charge on any atom is 0.320 e. The summed E-state index contributed by atoms with van der Waals surface area (Å²) in [5.41, 5.74) is 0. The number of hydrogen-bond donors (Lipinski definition) is 2. The quantitative estimate of drug-likeness (QED) is 0.786. The lowest BCUT2D eigenvalue weighted by molar-refractivity contribution is -0.137. The zero-order valence-electron chi connectivity index (χ0n) is 11.5. The number of rotatable bonds is 5. The lowest BCUT2D eigenvalue weighted by Gasteiger charge is -2.33. The largest absolute Gasteiger partial charge is 0.481 e. The van der Waals surface area contributed by atoms with E-state index in [1.165, 1.54) is 0 Å². The van der Waals surface area contributed by atoms with Gasteiger partial charge in [0.15, 0.2) is 0 Å². The third-order valence-corrected chi connectivity index (χ3v) is 3.58. The number of carbonyl (C=O) groups excluding carboxylic acids is 1. The van der Waals surface area contributed by atoms with Crippen LogP contribution in [0.4, 0.5) is 4.79 Å². The van der Waals surface area contributed by atoms with Gasteiger partial charge in [-0.05, 0) is 19.8 Å². The summed E-state index contributed by atoms with van der Waals surface area (Å²) in [6.07, 6.45) is 3.81. The number of carboxylic acid groups (broad SMARTS) is 1. The predicted molar refractivity (Wildman–Crippen MR) is 70.9 cm³/mol. The van der Waals surface area contributed by atoms with Gasteiger partial charge >= 0.3 is 12.0 Å². The molecule has 1 unspecified atom stereocenters. The van der Waals surface area contributed by atoms with Crippen LogP contribution in [0.15, 0.2) is 0 Å². The average Bonchev–Trinajstić information content (AvgIpc) is 2.63. The molecule has 1 heterocycles. The first-order chi connectivity index (χ1) is 9.10. The van der Waals surface area contributed by atoms with Crippen LogP contribution in [0.5, 0.6) is 0 Å². The van der Waals surface area contributed by atoms with E-state index >= 15 is 0 Å². The Bertz CT molecular complexity index is 309. The molecule has 19 heavy (non-hydrogen) atoms. The molecule has 0 radical (unpaired) electrons. The van der Waals surface area contributed by atoms with Crippen molar-refractivity contribution in [2.45, 2.75) is 45.1 Å². The van der Waals surface area contributed by atoms with E-state index in [1.54, 1.807) is 9.80 Å². The number of carboxylic acids is 1. The fourth-order valence-corrected chi connectivity index (χ4v) is 2.42. The summed E-state index contributed by atoms with van der Waals surface area (Å²) in [6, 6.07) is -0.279. The Balaban J connectivity index is 2.66. The number of urea groups is 1. The Morgan fingerprint density at radius 3 is 2.63 bits per heavy atom. The molecule has 1 aliphatic heterocycles. The third-order valence-electron chi connectivity index (χ3n) is 3.58. The van der Waals surface area contributed by atoms with Crippen molar-refractivity contribution in [3.8, 4) is 0 Å². The van der Waals surface area contributed by atoms with Gasteiger partial charge in [0, 0.05) is 19.6 Å². The van der Waals surface area contributed by atoms with Gasteiger partial charge in [-0.2, -0.15) is 0 Å². The van der Waals surface area contributed by atoms with Crippen LogP contribution in [0.3, 0.4) is 0 Å². The number of aliphatic hydroxyl groups excluding tert-OH is 1. The number of aliphatic carboxylic acids is 1. The van der Waals surface area contributed by atoms with E-state index in [4.69, 9.17) is 5.11 Å². The van der Waals surface area contributed by atoms with Crippen molar-refractivity contribution < 1.29 is 19.8 Å². The topological polar surface area (TPSA) is 81.1 Å². The maximum absolute atomic E-state index is 12.4. The van der Waals surface area contributed by atoms with Crippen LogP contribution < -0.4 is 0 Å². The van der Waals surface area contributed by atoms with Crippen molar-refractivity contribution in [2.24, 2.45) is 0 Å². The molecule has 6 nitrogen and oxygen atoms in total. The second kappa shape index (κ2) is 7.99. The monoisotopic (exact) mass is 272 g/mol. The molecule has 0 aromatic carbocycles. The van der Waals surface area contributed by atoms with Gasteiger partial charge in [-0.25, -0.2) is 4.79 Å². The van der Waals surface area contributed by atoms with Gasteiger partial charge in [-0.15, -0.1) is 0 Å². The van der Waals surface area contributed by atoms with Crippen LogP contribution in [-0.2, 0) is 4.79 Å². The molecule has 1 aliphatic rings. The fourth-order valence-electron chi connectivity index (χ4n) is 2.42. The number of likely N-dealkylation sites (tertiary alicyclic amines) is 1. The summed E-state index contributed by atoms with van der Waals surface area (Å²) >= 11 is 0. The van der Waals surface area contributed by atoms with Crippen LogP contribution in [0.1, 0.15) is 39.0 Å². The molecule has 0 aromatic heterocycles. The molecule has 0 bridgehead atoms. The van der Waals surface area contributed by atoms with Crippen LogP contribution in [0.2, 0.25) is 0 Å². The highest BCUT2D eigenvalue weighted by molar-refractivity contribution is 5.76. The van der Waals surface area contributed by atoms with Crippen molar-refractivity contribution in [2.75, 3.05) is 26.2 Å². The highest BCUT2D eigenvalue weighted by atomic mass is 16.4. The lowest BCUT2D eigenvalue weighted by Crippen LogP contribution is -2.49. The standard InChI is InChI=1S/C13H24N2O4/c1-2-14(9-7-12(17)18)13(19)15-8-5-3-4-6-11(15)10-16/h11,16H,2-10H2,1H3,(H,17,18). The second-order valence-electron chi connectivity index (χ2n) is 4.89. The Morgan fingerprint density at radius 1 is 1.32 bits per heavy atom. The second-order valence-corrected chi connectivity index (χ2v) is 4.89. The number of hydrogen-bond acceptors (Lipinski definition) is 3. The smallest absolute Gasteiger partial charge is 0.320 e. The van der Waals surface area contributed by atoms with Crippen LogP contribution in [0.25, 0.3) is 0 Å². The molecule has 0 aromatic rings. The molecule has 0 saturated carbocycles. The molecule has 110 valence electrons. The zero-order chi connectivity index (χ0) is 14.3. The van der Waals surface area contributed by atoms with Crippen molar-refractivity contribution in [3.05, 3.63) is 0 Å². The first-order valence-corrected chi connectivity index (χ1v) is 6.98. The molecular weight excluding hydrogens is 248 g/mol. The van der Waals surface area contributed by atoms with E-state index in [0.29, 0.717) is 13.1 Å². The van der Waals surface area contributed by atoms with Gasteiger partial charge in [0.2, 0.25) is 0 Å². The minimum absolute atomic E-state index is 0.0256. The summed E-state index contributed by atoms with van der Waals surface area (Å²) < 4.78 is 0. The fraction of sp³-hybridized carbons (Fsp3) is 0.846. The Kier molecular flexibility index (Phi) is 6.62. The zero-order valence-corrected chi connectivity index (χ0v) is 11.5. The number of aliphatic hydroxyl groups is 1. The molecule has 1 fully saturated rings. The minimum Gasteiger partial charge on any atom is -0.481 e. The molecule has 1 rings (SSSR count). The van der Waals surface area contributed by atoms with Gasteiger partial charge in [0.25, 0.3) is 0 Å². The maximum atomic E-state index is 12.4. The summed E-state index contributed by atoms with van der Waals surface area (Å²) in [7, 11) is 0. The number of amides is 2. The molecule has 1 saturated heterocycles. The van der Waals surface area contributed by atoms with Crippen molar-refractivity contribution >= 4 is 12.0 Å². The van der Waals surface area contributed by atoms with Gasteiger partial charge in [0.1, 0.15) is 0 Å². The Hall–Kier alpha value is -1.30. The molecule has 6 heteroatoms. The van der Waals surface area contributed by atoms with E-state index < -0.39 is 5.97 Å². The van der Waals surface area contributed by atoms with E-state index in [9.17, 15) is 14.7 Å². The Morgan fingerprint density at radius 2 is 2.05 bits per heavy atom. The van der Waals surface area contributed by atoms with E-state index in [0.717, 1.165) is 25.7 Å². The molecule has 0 spiro atoms. The van der Waals surface area contributed by atoms with Crippen LogP contribution >= 0.6 is 0 Å². The SMILES string of the molecule is CCN(CCC(=O)O)C(=O)N1CCCCCC1CO. The molecule has 2 N–H and O–H groups in total. The molecule has 1 atom stereocenters. The summed E-state index contributed by atoms with van der Waals surface area (Å²) in [5, 5.41) is 18.1. The molecule has 2 amide bonds. The average molecular weight is 272 g/mol. The lowest BCUT2D eigenvalue weighted by atomic mass is 10.1. The van der Waals surface area contributed by atoms with E-state index in [2.05, 4.69) is 0 Å². The normalized spacial score (nSPS) is 19.9. The molecular formula is C13H24N2O4. The first kappa shape index (κ1) is 15.8. The summed E-state index contributed by atoms with van der Waals surface area (Å²) in [5.74, 6) is -0.902. The number of nitrogens with zero attached hydrogens (tertiary/aromatic N) is 2. The van der Waals surface area contributed by atoms with Crippen LogP contribution in [-0.4, -0.2) is 64.3 Å². The van der Waals surface area contributed by atoms with Gasteiger partial charge in [0.05, 0.1) is 19.1 Å². The third kappa shape index (κ3) is 4.70. The van der Waals surface area contributed by atoms with E-state index in [-0.39, 0.29) is 31.6 Å². The number of carbonyl (C=O) groups is 2. The van der Waals surface area contributed by atoms with E-state index in [1.807, 2.05) is 6.92 Å². The van der Waals surface area contributed by atoms with Gasteiger partial charge < -0.3 is 20.0 Å². The summed E-state index contributed by atoms with van der Waals surface area (Å²) in [6.45, 7) is 3.17. The van der Waals surface area contributed by atoms with Gasteiger partial charge in [-0.1, -0.05) is 12.8 Å². The minimum atomic E-state index is -0.902. The highest BCUT2D eigenvalue weighted by Gasteiger charge is 2.27.